The average molecular weight is 406 g/mol. The minimum atomic E-state index is -4.01. The number of nitrogens with one attached hydrogen (secondary N) is 1. The van der Waals surface area contributed by atoms with E-state index in [2.05, 4.69) is 16.6 Å². The molecule has 28 heavy (non-hydrogen) atoms. The quantitative estimate of drug-likeness (QED) is 0.611. The summed E-state index contributed by atoms with van der Waals surface area (Å²) in [6.45, 7) is 4.85. The van der Waals surface area contributed by atoms with Crippen LogP contribution in [0.1, 0.15) is 43.5 Å². The molecule has 0 unspecified atom stereocenters. The van der Waals surface area contributed by atoms with Crippen LogP contribution in [0.4, 0.5) is 5.69 Å². The second kappa shape index (κ2) is 10.1. The number of hydrogen-bond donors (Lipinski definition) is 1. The number of nitrogens with zero attached hydrogens (tertiary/aromatic N) is 2. The summed E-state index contributed by atoms with van der Waals surface area (Å²) in [5.41, 5.74) is 0.360. The predicted octanol–water partition coefficient (Wildman–Crippen LogP) is 3.54. The molecule has 1 aromatic heterocycles. The summed E-state index contributed by atoms with van der Waals surface area (Å²) < 4.78 is 33.9. The zero-order chi connectivity index (χ0) is 20.6. The van der Waals surface area contributed by atoms with Crippen LogP contribution in [0.15, 0.2) is 47.6 Å². The van der Waals surface area contributed by atoms with Gasteiger partial charge in [0.2, 0.25) is 0 Å². The van der Waals surface area contributed by atoms with Gasteiger partial charge in [-0.1, -0.05) is 31.9 Å². The van der Waals surface area contributed by atoms with E-state index in [-0.39, 0.29) is 22.1 Å². The SMILES string of the molecule is CCCCCN(C)C(=O)c1ccccc1S(=O)(=O)Nc1cnccc1OCC. The summed E-state index contributed by atoms with van der Waals surface area (Å²) in [4.78, 5) is 18.3. The number of rotatable bonds is 10. The topological polar surface area (TPSA) is 88.6 Å². The summed E-state index contributed by atoms with van der Waals surface area (Å²) in [5, 5.41) is 0. The molecule has 0 aliphatic heterocycles. The number of amides is 1. The highest BCUT2D eigenvalue weighted by Gasteiger charge is 2.25. The van der Waals surface area contributed by atoms with Crippen molar-refractivity contribution in [2.75, 3.05) is 24.9 Å². The minimum Gasteiger partial charge on any atom is -0.492 e. The van der Waals surface area contributed by atoms with Gasteiger partial charge in [-0.25, -0.2) is 8.42 Å². The number of benzene rings is 1. The molecule has 8 heteroatoms. The number of unbranched alkanes of at least 4 members (excludes halogenated alkanes) is 2. The van der Waals surface area contributed by atoms with Gasteiger partial charge in [0.25, 0.3) is 15.9 Å². The number of anilines is 1. The first-order valence-corrected chi connectivity index (χ1v) is 10.8. The molecule has 152 valence electrons. The molecule has 7 nitrogen and oxygen atoms in total. The minimum absolute atomic E-state index is 0.0753. The maximum Gasteiger partial charge on any atom is 0.262 e. The molecule has 2 aromatic rings. The van der Waals surface area contributed by atoms with Crippen LogP contribution in [0.5, 0.6) is 5.75 Å². The second-order valence-corrected chi connectivity index (χ2v) is 7.99. The number of carbonyl (C=O) groups is 1. The van der Waals surface area contributed by atoms with Crippen LogP contribution >= 0.6 is 0 Å². The van der Waals surface area contributed by atoms with Crippen LogP contribution in [0.3, 0.4) is 0 Å². The van der Waals surface area contributed by atoms with Crippen LogP contribution in [-0.4, -0.2) is 44.4 Å². The Balaban J connectivity index is 2.31. The molecule has 0 saturated heterocycles. The zero-order valence-corrected chi connectivity index (χ0v) is 17.3. The van der Waals surface area contributed by atoms with E-state index < -0.39 is 10.0 Å². The molecular weight excluding hydrogens is 378 g/mol. The predicted molar refractivity (Wildman–Crippen MR) is 109 cm³/mol. The molecule has 2 rings (SSSR count). The summed E-state index contributed by atoms with van der Waals surface area (Å²) in [6.07, 6.45) is 5.83. The van der Waals surface area contributed by atoms with Gasteiger partial charge in [0.1, 0.15) is 16.3 Å². The third-order valence-corrected chi connectivity index (χ3v) is 5.60. The van der Waals surface area contributed by atoms with Crippen LogP contribution in [0.25, 0.3) is 0 Å². The van der Waals surface area contributed by atoms with Gasteiger partial charge in [0.15, 0.2) is 0 Å². The Morgan fingerprint density at radius 2 is 1.93 bits per heavy atom. The van der Waals surface area contributed by atoms with E-state index in [9.17, 15) is 13.2 Å². The molecule has 0 aliphatic carbocycles. The van der Waals surface area contributed by atoms with Gasteiger partial charge in [-0.05, 0) is 25.5 Å². The maximum absolute atomic E-state index is 13.0. The van der Waals surface area contributed by atoms with Crippen molar-refractivity contribution in [3.63, 3.8) is 0 Å². The fourth-order valence-corrected chi connectivity index (χ4v) is 3.98. The van der Waals surface area contributed by atoms with Crippen molar-refractivity contribution in [2.24, 2.45) is 0 Å². The number of aromatic nitrogens is 1. The average Bonchev–Trinajstić information content (AvgIpc) is 2.69. The van der Waals surface area contributed by atoms with Gasteiger partial charge in [-0.15, -0.1) is 0 Å². The van der Waals surface area contributed by atoms with Gasteiger partial charge in [0.05, 0.1) is 18.4 Å². The smallest absolute Gasteiger partial charge is 0.262 e. The Labute approximate surface area is 166 Å². The summed E-state index contributed by atoms with van der Waals surface area (Å²) in [7, 11) is -2.32. The highest BCUT2D eigenvalue weighted by Crippen LogP contribution is 2.27. The van der Waals surface area contributed by atoms with E-state index in [0.717, 1.165) is 19.3 Å². The van der Waals surface area contributed by atoms with Crippen molar-refractivity contribution in [2.45, 2.75) is 38.0 Å². The highest BCUT2D eigenvalue weighted by molar-refractivity contribution is 7.92. The molecule has 0 bridgehead atoms. The number of sulfonamides is 1. The molecule has 1 aromatic carbocycles. The molecule has 0 spiro atoms. The van der Waals surface area contributed by atoms with Crippen molar-refractivity contribution in [3.05, 3.63) is 48.3 Å². The Kier molecular flexibility index (Phi) is 7.80. The standard InChI is InChI=1S/C20H27N3O4S/c1-4-6-9-14-23(3)20(24)16-10-7-8-11-19(16)28(25,26)22-17-15-21-13-12-18(17)27-5-2/h7-8,10-13,15,22H,4-6,9,14H2,1-3H3. The lowest BCUT2D eigenvalue weighted by atomic mass is 10.2. The molecule has 0 aliphatic rings. The monoisotopic (exact) mass is 405 g/mol. The lowest BCUT2D eigenvalue weighted by Gasteiger charge is -2.19. The zero-order valence-electron chi connectivity index (χ0n) is 16.5. The first-order chi connectivity index (χ1) is 13.4. The largest absolute Gasteiger partial charge is 0.492 e. The van der Waals surface area contributed by atoms with Gasteiger partial charge in [0, 0.05) is 25.9 Å². The van der Waals surface area contributed by atoms with Crippen molar-refractivity contribution in [3.8, 4) is 5.75 Å². The summed E-state index contributed by atoms with van der Waals surface area (Å²) in [6, 6.07) is 7.78. The first kappa shape index (κ1) is 21.7. The van der Waals surface area contributed by atoms with Crippen LogP contribution in [-0.2, 0) is 10.0 Å². The Morgan fingerprint density at radius 3 is 2.64 bits per heavy atom. The van der Waals surface area contributed by atoms with E-state index in [0.29, 0.717) is 18.9 Å². The third-order valence-electron chi connectivity index (χ3n) is 4.18. The fraction of sp³-hybridized carbons (Fsp3) is 0.400. The summed E-state index contributed by atoms with van der Waals surface area (Å²) in [5.74, 6) is 0.0508. The highest BCUT2D eigenvalue weighted by atomic mass is 32.2. The van der Waals surface area contributed by atoms with Gasteiger partial charge >= 0.3 is 0 Å². The number of ether oxygens (including phenoxy) is 1. The molecule has 0 saturated carbocycles. The number of pyridine rings is 1. The lowest BCUT2D eigenvalue weighted by Crippen LogP contribution is -2.29. The van der Waals surface area contributed by atoms with Gasteiger partial charge in [-0.3, -0.25) is 14.5 Å². The first-order valence-electron chi connectivity index (χ1n) is 9.34. The van der Waals surface area contributed by atoms with E-state index in [1.165, 1.54) is 24.5 Å². The van der Waals surface area contributed by atoms with E-state index in [1.54, 1.807) is 37.1 Å². The van der Waals surface area contributed by atoms with E-state index in [1.807, 2.05) is 0 Å². The molecule has 1 heterocycles. The van der Waals surface area contributed by atoms with Crippen molar-refractivity contribution < 1.29 is 17.9 Å². The summed E-state index contributed by atoms with van der Waals surface area (Å²) >= 11 is 0. The van der Waals surface area contributed by atoms with Crippen molar-refractivity contribution in [1.29, 1.82) is 0 Å². The third kappa shape index (κ3) is 5.45. The number of carbonyl (C=O) groups excluding carboxylic acids is 1. The Bertz CT molecular complexity index is 900. The maximum atomic E-state index is 13.0. The Morgan fingerprint density at radius 1 is 1.18 bits per heavy atom. The molecule has 0 atom stereocenters. The molecule has 0 radical (unpaired) electrons. The van der Waals surface area contributed by atoms with Crippen LogP contribution in [0, 0.1) is 0 Å². The van der Waals surface area contributed by atoms with Gasteiger partial charge < -0.3 is 9.64 Å². The fourth-order valence-electron chi connectivity index (χ4n) is 2.72. The van der Waals surface area contributed by atoms with Crippen LogP contribution in [0.2, 0.25) is 0 Å². The normalized spacial score (nSPS) is 11.1. The molecule has 1 amide bonds. The molecular formula is C20H27N3O4S. The number of hydrogen-bond acceptors (Lipinski definition) is 5. The molecule has 1 N–H and O–H groups in total. The molecule has 0 fully saturated rings. The van der Waals surface area contributed by atoms with Crippen molar-refractivity contribution >= 4 is 21.6 Å². The Hall–Kier alpha value is -2.61. The lowest BCUT2D eigenvalue weighted by molar-refractivity contribution is 0.0789. The van der Waals surface area contributed by atoms with Crippen molar-refractivity contribution in [1.82, 2.24) is 9.88 Å². The van der Waals surface area contributed by atoms with Gasteiger partial charge in [-0.2, -0.15) is 0 Å². The second-order valence-electron chi connectivity index (χ2n) is 6.34. The van der Waals surface area contributed by atoms with E-state index in [4.69, 9.17) is 4.74 Å². The van der Waals surface area contributed by atoms with E-state index >= 15 is 0 Å². The van der Waals surface area contributed by atoms with Crippen LogP contribution < -0.4 is 9.46 Å².